The largest absolute Gasteiger partial charge is 0.497 e. The van der Waals surface area contributed by atoms with Crippen molar-refractivity contribution in [2.45, 2.75) is 25.3 Å². The van der Waals surface area contributed by atoms with E-state index in [4.69, 9.17) is 18.9 Å². The van der Waals surface area contributed by atoms with Gasteiger partial charge in [0.25, 0.3) is 0 Å². The summed E-state index contributed by atoms with van der Waals surface area (Å²) in [5.41, 5.74) is 5.76. The maximum atomic E-state index is 13.3. The number of methoxy groups -OCH3 is 4. The maximum absolute atomic E-state index is 13.3. The summed E-state index contributed by atoms with van der Waals surface area (Å²) in [7, 11) is 8.59. The summed E-state index contributed by atoms with van der Waals surface area (Å²) < 4.78 is 22.4. The van der Waals surface area contributed by atoms with Crippen molar-refractivity contribution in [2.24, 2.45) is 0 Å². The maximum Gasteiger partial charge on any atom is 0.203 e. The normalized spacial score (nSPS) is 14.2. The number of quaternary nitrogens is 1. The van der Waals surface area contributed by atoms with Crippen LogP contribution in [0.2, 0.25) is 0 Å². The number of anilines is 1. The minimum absolute atomic E-state index is 0.0271. The third kappa shape index (κ3) is 4.97. The summed E-state index contributed by atoms with van der Waals surface area (Å²) in [4.78, 5) is 13.3. The molecule has 7 nitrogen and oxygen atoms in total. The van der Waals surface area contributed by atoms with E-state index >= 15 is 0 Å². The molecule has 0 spiro atoms. The number of rotatable bonds is 9. The van der Waals surface area contributed by atoms with E-state index in [9.17, 15) is 4.79 Å². The number of benzene rings is 2. The highest BCUT2D eigenvalue weighted by Crippen LogP contribution is 2.49. The van der Waals surface area contributed by atoms with Crippen LogP contribution in [0.3, 0.4) is 0 Å². The molecule has 1 atom stereocenters. The van der Waals surface area contributed by atoms with E-state index in [0.717, 1.165) is 47.3 Å². The number of aryl methyl sites for hydroxylation is 1. The second-order valence-corrected chi connectivity index (χ2v) is 8.81. The van der Waals surface area contributed by atoms with Crippen LogP contribution in [0, 0.1) is 0 Å². The Bertz CT molecular complexity index is 1270. The van der Waals surface area contributed by atoms with Gasteiger partial charge in [0.05, 0.1) is 41.2 Å². The third-order valence-corrected chi connectivity index (χ3v) is 6.88. The minimum atomic E-state index is -0.0271. The van der Waals surface area contributed by atoms with Crippen LogP contribution < -0.4 is 35.0 Å². The van der Waals surface area contributed by atoms with Crippen molar-refractivity contribution >= 4 is 5.69 Å². The first kappa shape index (κ1) is 25.4. The summed E-state index contributed by atoms with van der Waals surface area (Å²) >= 11 is 0. The van der Waals surface area contributed by atoms with Crippen LogP contribution in [-0.4, -0.2) is 42.0 Å². The molecule has 0 radical (unpaired) electrons. The summed E-state index contributed by atoms with van der Waals surface area (Å²) in [6, 6.07) is 15.8. The zero-order valence-corrected chi connectivity index (χ0v) is 21.6. The molecule has 0 saturated carbocycles. The number of hydrogen-bond donors (Lipinski definition) is 2. The fraction of sp³-hybridized carbons (Fsp3) is 0.345. The fourth-order valence-corrected chi connectivity index (χ4v) is 4.97. The summed E-state index contributed by atoms with van der Waals surface area (Å²) in [5.74, 6) is 2.64. The van der Waals surface area contributed by atoms with Crippen LogP contribution in [0.25, 0.3) is 11.1 Å². The molecule has 0 unspecified atom stereocenters. The second-order valence-electron chi connectivity index (χ2n) is 8.81. The highest BCUT2D eigenvalue weighted by Gasteiger charge is 2.29. The fourth-order valence-electron chi connectivity index (χ4n) is 4.97. The number of ether oxygens (including phenoxy) is 4. The molecule has 0 fully saturated rings. The molecular formula is C29H35N2O5+. The molecule has 36 heavy (non-hydrogen) atoms. The molecule has 0 aliphatic heterocycles. The van der Waals surface area contributed by atoms with E-state index in [1.165, 1.54) is 5.56 Å². The number of nitrogens with one attached hydrogen (secondary N) is 1. The van der Waals surface area contributed by atoms with E-state index in [2.05, 4.69) is 10.6 Å². The van der Waals surface area contributed by atoms with Gasteiger partial charge in [-0.3, -0.25) is 4.79 Å². The molecule has 0 bridgehead atoms. The van der Waals surface area contributed by atoms with Crippen molar-refractivity contribution in [1.29, 1.82) is 0 Å². The Hall–Kier alpha value is -3.71. The average Bonchev–Trinajstić information content (AvgIpc) is 3.15. The first-order valence-electron chi connectivity index (χ1n) is 12.2. The summed E-state index contributed by atoms with van der Waals surface area (Å²) in [6.07, 6.45) is 2.51. The first-order chi connectivity index (χ1) is 17.5. The first-order valence-corrected chi connectivity index (χ1v) is 12.2. The van der Waals surface area contributed by atoms with Crippen molar-refractivity contribution in [2.75, 3.05) is 47.3 Å². The van der Waals surface area contributed by atoms with Gasteiger partial charge in [-0.1, -0.05) is 18.2 Å². The van der Waals surface area contributed by atoms with Gasteiger partial charge in [-0.05, 0) is 59.9 Å². The Balaban J connectivity index is 1.74. The van der Waals surface area contributed by atoms with Crippen molar-refractivity contribution in [1.82, 2.24) is 0 Å². The quantitative estimate of drug-likeness (QED) is 0.476. The predicted octanol–water partition coefficient (Wildman–Crippen LogP) is 3.58. The molecule has 1 aliphatic rings. The SMILES string of the molecule is C[NH2+][C@H]1CCc2cc(OC)c(OC)c(OC)c2-c2ccc(NCCc3ccc(OC)cc3)c(=O)cc21. The van der Waals surface area contributed by atoms with Crippen LogP contribution in [0.15, 0.2) is 53.3 Å². The Kier molecular flexibility index (Phi) is 8.00. The zero-order valence-electron chi connectivity index (χ0n) is 21.6. The van der Waals surface area contributed by atoms with Crippen LogP contribution >= 0.6 is 0 Å². The van der Waals surface area contributed by atoms with Gasteiger partial charge in [0.15, 0.2) is 11.5 Å². The van der Waals surface area contributed by atoms with Crippen molar-refractivity contribution in [3.63, 3.8) is 0 Å². The topological polar surface area (TPSA) is 82.6 Å². The zero-order chi connectivity index (χ0) is 25.7. The highest BCUT2D eigenvalue weighted by atomic mass is 16.5. The Labute approximate surface area is 212 Å². The van der Waals surface area contributed by atoms with Crippen LogP contribution in [-0.2, 0) is 12.8 Å². The van der Waals surface area contributed by atoms with E-state index in [0.29, 0.717) is 29.5 Å². The Morgan fingerprint density at radius 2 is 1.67 bits per heavy atom. The molecule has 7 heteroatoms. The molecule has 3 N–H and O–H groups in total. The van der Waals surface area contributed by atoms with Gasteiger partial charge in [-0.25, -0.2) is 0 Å². The van der Waals surface area contributed by atoms with Gasteiger partial charge >= 0.3 is 0 Å². The van der Waals surface area contributed by atoms with E-state index in [-0.39, 0.29) is 11.5 Å². The molecular weight excluding hydrogens is 456 g/mol. The number of nitrogens with two attached hydrogens (primary N) is 1. The number of hydrogen-bond acceptors (Lipinski definition) is 6. The molecule has 190 valence electrons. The van der Waals surface area contributed by atoms with Gasteiger partial charge < -0.3 is 29.6 Å². The molecule has 0 aromatic heterocycles. The molecule has 3 aromatic carbocycles. The second kappa shape index (κ2) is 11.4. The smallest absolute Gasteiger partial charge is 0.203 e. The van der Waals surface area contributed by atoms with Crippen molar-refractivity contribution < 1.29 is 24.3 Å². The lowest BCUT2D eigenvalue weighted by atomic mass is 9.95. The molecule has 0 heterocycles. The van der Waals surface area contributed by atoms with Gasteiger partial charge in [0.1, 0.15) is 11.8 Å². The lowest BCUT2D eigenvalue weighted by molar-refractivity contribution is -0.670. The van der Waals surface area contributed by atoms with Gasteiger partial charge in [-0.15, -0.1) is 0 Å². The van der Waals surface area contributed by atoms with Crippen molar-refractivity contribution in [3.05, 3.63) is 75.4 Å². The predicted molar refractivity (Wildman–Crippen MR) is 142 cm³/mol. The monoisotopic (exact) mass is 491 g/mol. The van der Waals surface area contributed by atoms with E-state index < -0.39 is 0 Å². The molecule has 0 amide bonds. The van der Waals surface area contributed by atoms with Gasteiger partial charge in [-0.2, -0.15) is 0 Å². The van der Waals surface area contributed by atoms with E-state index in [1.54, 1.807) is 34.5 Å². The van der Waals surface area contributed by atoms with Gasteiger partial charge in [0.2, 0.25) is 11.2 Å². The lowest BCUT2D eigenvalue weighted by Crippen LogP contribution is -2.81. The third-order valence-electron chi connectivity index (χ3n) is 6.88. The minimum Gasteiger partial charge on any atom is -0.497 e. The standard InChI is InChI=1S/C29H34N2O5/c1-30-23-12-8-19-16-26(34-3)28(35-4)29(36-5)27(19)21-11-13-24(25(32)17-22(21)23)31-15-14-18-6-9-20(33-2)10-7-18/h6-7,9-11,13,16-17,23,30H,8,12,14-15H2,1-5H3,(H,31,32)/p+1/t23-/m0/s1. The number of fused-ring (bicyclic) bond motifs is 3. The van der Waals surface area contributed by atoms with Crippen LogP contribution in [0.1, 0.15) is 29.2 Å². The summed E-state index contributed by atoms with van der Waals surface area (Å²) in [6.45, 7) is 0.643. The Morgan fingerprint density at radius 1 is 0.917 bits per heavy atom. The highest BCUT2D eigenvalue weighted by molar-refractivity contribution is 5.82. The van der Waals surface area contributed by atoms with Crippen molar-refractivity contribution in [3.8, 4) is 34.1 Å². The average molecular weight is 492 g/mol. The molecule has 0 saturated heterocycles. The van der Waals surface area contributed by atoms with Crippen LogP contribution in [0.4, 0.5) is 5.69 Å². The van der Waals surface area contributed by atoms with Gasteiger partial charge in [0, 0.05) is 24.1 Å². The van der Waals surface area contributed by atoms with Crippen LogP contribution in [0.5, 0.6) is 23.0 Å². The lowest BCUT2D eigenvalue weighted by Gasteiger charge is -2.19. The molecule has 1 aliphatic carbocycles. The summed E-state index contributed by atoms with van der Waals surface area (Å²) in [5, 5.41) is 5.51. The molecule has 3 aromatic rings. The molecule has 4 rings (SSSR count). The van der Waals surface area contributed by atoms with E-state index in [1.807, 2.05) is 49.5 Å². The Morgan fingerprint density at radius 3 is 2.31 bits per heavy atom.